The van der Waals surface area contributed by atoms with Crippen molar-refractivity contribution in [2.75, 3.05) is 59.5 Å². The van der Waals surface area contributed by atoms with Crippen molar-refractivity contribution in [3.05, 3.63) is 59.7 Å². The van der Waals surface area contributed by atoms with E-state index in [4.69, 9.17) is 46.4 Å². The van der Waals surface area contributed by atoms with Gasteiger partial charge in [0.25, 0.3) is 0 Å². The first kappa shape index (κ1) is 29.7. The summed E-state index contributed by atoms with van der Waals surface area (Å²) in [6, 6.07) is 15.0. The molecule has 0 aliphatic carbocycles. The van der Waals surface area contributed by atoms with Crippen molar-refractivity contribution < 1.29 is 9.59 Å². The van der Waals surface area contributed by atoms with Crippen LogP contribution in [0.25, 0.3) is 0 Å². The van der Waals surface area contributed by atoms with E-state index in [-0.39, 0.29) is 0 Å². The summed E-state index contributed by atoms with van der Waals surface area (Å²) in [7, 11) is 0. The number of alkyl halides is 4. The first-order valence-corrected chi connectivity index (χ1v) is 13.3. The molecule has 0 fully saturated rings. The summed E-state index contributed by atoms with van der Waals surface area (Å²) in [5.41, 5.74) is 7.79. The number of carbonyl (C=O) groups is 2. The fraction of sp³-hybridized carbons (Fsp3) is 0.333. The standard InChI is InChI=1S/C24H28Cl4N6O2/c25-9-13-33(14-10-26)21-5-1-19(2-6-21)17-29-31-23(35)24(36)32-30-18-20-3-7-22(8-4-20)34(15-11-27)16-12-28/h1-8,17-18H,9-16H2,(H,31,35)(H,32,36)/b29-17-,30-18+. The summed E-state index contributed by atoms with van der Waals surface area (Å²) < 4.78 is 0. The maximum Gasteiger partial charge on any atom is 0.331 e. The summed E-state index contributed by atoms with van der Waals surface area (Å²) in [5, 5.41) is 7.63. The smallest absolute Gasteiger partial charge is 0.331 e. The van der Waals surface area contributed by atoms with Crippen LogP contribution in [0.1, 0.15) is 11.1 Å². The maximum atomic E-state index is 11.9. The molecule has 8 nitrogen and oxygen atoms in total. The molecule has 0 saturated heterocycles. The van der Waals surface area contributed by atoms with Crippen LogP contribution in [-0.4, -0.2) is 73.9 Å². The average molecular weight is 574 g/mol. The van der Waals surface area contributed by atoms with Crippen LogP contribution in [0.2, 0.25) is 0 Å². The van der Waals surface area contributed by atoms with E-state index in [2.05, 4.69) is 30.9 Å². The molecule has 0 unspecified atom stereocenters. The fourth-order valence-electron chi connectivity index (χ4n) is 3.12. The van der Waals surface area contributed by atoms with Crippen molar-refractivity contribution in [3.8, 4) is 0 Å². The van der Waals surface area contributed by atoms with Gasteiger partial charge in [0.2, 0.25) is 0 Å². The molecule has 0 aromatic heterocycles. The van der Waals surface area contributed by atoms with Crippen LogP contribution in [0, 0.1) is 0 Å². The zero-order valence-electron chi connectivity index (χ0n) is 19.5. The highest BCUT2D eigenvalue weighted by Crippen LogP contribution is 2.16. The highest BCUT2D eigenvalue weighted by molar-refractivity contribution is 6.35. The lowest BCUT2D eigenvalue weighted by Crippen LogP contribution is -2.35. The molecule has 0 bridgehead atoms. The molecule has 0 spiro atoms. The molecule has 0 saturated carbocycles. The number of benzene rings is 2. The Labute approximate surface area is 231 Å². The maximum absolute atomic E-state index is 11.9. The topological polar surface area (TPSA) is 89.4 Å². The van der Waals surface area contributed by atoms with Gasteiger partial charge in [-0.25, -0.2) is 10.9 Å². The third-order valence-electron chi connectivity index (χ3n) is 4.90. The summed E-state index contributed by atoms with van der Waals surface area (Å²) in [6.07, 6.45) is 2.87. The highest BCUT2D eigenvalue weighted by atomic mass is 35.5. The second kappa shape index (κ2) is 17.0. The Morgan fingerprint density at radius 1 is 0.611 bits per heavy atom. The number of hydrogen-bond acceptors (Lipinski definition) is 6. The molecular formula is C24H28Cl4N6O2. The molecule has 2 rings (SSSR count). The predicted molar refractivity (Wildman–Crippen MR) is 152 cm³/mol. The van der Waals surface area contributed by atoms with Gasteiger partial charge in [0.05, 0.1) is 12.4 Å². The number of nitrogens with one attached hydrogen (secondary N) is 2. The first-order chi connectivity index (χ1) is 17.5. The minimum Gasteiger partial charge on any atom is -0.369 e. The third kappa shape index (κ3) is 10.2. The number of nitrogens with zero attached hydrogens (tertiary/aromatic N) is 4. The second-order valence-electron chi connectivity index (χ2n) is 7.31. The molecule has 0 atom stereocenters. The van der Waals surface area contributed by atoms with Gasteiger partial charge in [-0.15, -0.1) is 46.4 Å². The molecule has 12 heteroatoms. The van der Waals surface area contributed by atoms with Gasteiger partial charge in [0.1, 0.15) is 0 Å². The monoisotopic (exact) mass is 572 g/mol. The molecule has 2 N–H and O–H groups in total. The highest BCUT2D eigenvalue weighted by Gasteiger charge is 2.11. The van der Waals surface area contributed by atoms with Gasteiger partial charge >= 0.3 is 11.8 Å². The number of amides is 2. The summed E-state index contributed by atoms with van der Waals surface area (Å²) in [5.74, 6) is 0.0911. The van der Waals surface area contributed by atoms with E-state index in [9.17, 15) is 9.59 Å². The van der Waals surface area contributed by atoms with Crippen LogP contribution in [0.4, 0.5) is 11.4 Å². The minimum absolute atomic E-state index is 0.493. The number of rotatable bonds is 14. The molecule has 0 aliphatic heterocycles. The van der Waals surface area contributed by atoms with Crippen LogP contribution in [0.15, 0.2) is 58.7 Å². The molecule has 36 heavy (non-hydrogen) atoms. The Bertz CT molecular complexity index is 909. The van der Waals surface area contributed by atoms with E-state index in [0.29, 0.717) is 49.7 Å². The van der Waals surface area contributed by atoms with Crippen LogP contribution < -0.4 is 20.7 Å². The number of hydrazone groups is 2. The van der Waals surface area contributed by atoms with Gasteiger partial charge in [-0.3, -0.25) is 9.59 Å². The molecular weight excluding hydrogens is 546 g/mol. The van der Waals surface area contributed by atoms with Crippen LogP contribution >= 0.6 is 46.4 Å². The van der Waals surface area contributed by atoms with E-state index in [1.165, 1.54) is 12.4 Å². The lowest BCUT2D eigenvalue weighted by atomic mass is 10.2. The zero-order chi connectivity index (χ0) is 26.2. The quantitative estimate of drug-likeness (QED) is 0.155. The molecule has 0 aliphatic rings. The number of hydrogen-bond donors (Lipinski definition) is 2. The first-order valence-electron chi connectivity index (χ1n) is 11.1. The van der Waals surface area contributed by atoms with Crippen molar-refractivity contribution in [2.45, 2.75) is 0 Å². The molecule has 194 valence electrons. The Balaban J connectivity index is 1.83. The van der Waals surface area contributed by atoms with Crippen molar-refractivity contribution in [2.24, 2.45) is 10.2 Å². The van der Waals surface area contributed by atoms with Gasteiger partial charge in [0.15, 0.2) is 0 Å². The lowest BCUT2D eigenvalue weighted by Gasteiger charge is -2.22. The van der Waals surface area contributed by atoms with Crippen molar-refractivity contribution >= 4 is 82.0 Å². The van der Waals surface area contributed by atoms with Gasteiger partial charge in [0, 0.05) is 61.1 Å². The molecule has 2 aromatic rings. The molecule has 0 heterocycles. The van der Waals surface area contributed by atoms with Gasteiger partial charge in [-0.1, -0.05) is 24.3 Å². The molecule has 2 aromatic carbocycles. The van der Waals surface area contributed by atoms with E-state index in [1.54, 1.807) is 0 Å². The SMILES string of the molecule is O=C(N/N=C\c1ccc(N(CCCl)CCCl)cc1)C(=O)N/N=C/c1ccc(N(CCCl)CCCl)cc1. The number of anilines is 2. The summed E-state index contributed by atoms with van der Waals surface area (Å²) in [4.78, 5) is 28.0. The largest absolute Gasteiger partial charge is 0.369 e. The number of halogens is 4. The number of carbonyl (C=O) groups excluding carboxylic acids is 2. The van der Waals surface area contributed by atoms with Gasteiger partial charge in [-0.2, -0.15) is 10.2 Å². The zero-order valence-corrected chi connectivity index (χ0v) is 22.6. The Hall–Kier alpha value is -2.52. The Morgan fingerprint density at radius 2 is 0.917 bits per heavy atom. The molecule has 2 amide bonds. The van der Waals surface area contributed by atoms with Crippen molar-refractivity contribution in [3.63, 3.8) is 0 Å². The summed E-state index contributed by atoms with van der Waals surface area (Å²) >= 11 is 23.4. The Morgan fingerprint density at radius 3 is 1.19 bits per heavy atom. The van der Waals surface area contributed by atoms with E-state index < -0.39 is 11.8 Å². The lowest BCUT2D eigenvalue weighted by molar-refractivity contribution is -0.139. The van der Waals surface area contributed by atoms with E-state index in [0.717, 1.165) is 22.5 Å². The van der Waals surface area contributed by atoms with Crippen molar-refractivity contribution in [1.82, 2.24) is 10.9 Å². The fourth-order valence-corrected chi connectivity index (χ4v) is 3.94. The van der Waals surface area contributed by atoms with Gasteiger partial charge in [-0.05, 0) is 35.4 Å². The molecule has 0 radical (unpaired) electrons. The van der Waals surface area contributed by atoms with Crippen LogP contribution in [0.5, 0.6) is 0 Å². The van der Waals surface area contributed by atoms with Crippen LogP contribution in [0.3, 0.4) is 0 Å². The Kier molecular flexibility index (Phi) is 14.1. The van der Waals surface area contributed by atoms with E-state index in [1.807, 2.05) is 48.5 Å². The summed E-state index contributed by atoms with van der Waals surface area (Å²) in [6.45, 7) is 2.73. The van der Waals surface area contributed by atoms with Gasteiger partial charge < -0.3 is 9.80 Å². The third-order valence-corrected chi connectivity index (χ3v) is 5.58. The van der Waals surface area contributed by atoms with E-state index >= 15 is 0 Å². The predicted octanol–water partition coefficient (Wildman–Crippen LogP) is 3.86. The minimum atomic E-state index is -0.941. The average Bonchev–Trinajstić information content (AvgIpc) is 2.89. The normalized spacial score (nSPS) is 11.1. The second-order valence-corrected chi connectivity index (χ2v) is 8.82. The van der Waals surface area contributed by atoms with Crippen LogP contribution in [-0.2, 0) is 9.59 Å². The van der Waals surface area contributed by atoms with Crippen molar-refractivity contribution in [1.29, 1.82) is 0 Å².